The Labute approximate surface area is 307 Å². The van der Waals surface area contributed by atoms with E-state index in [0.717, 1.165) is 36.8 Å². The second kappa shape index (κ2) is 17.3. The van der Waals surface area contributed by atoms with Crippen LogP contribution in [0.15, 0.2) is 71.9 Å². The van der Waals surface area contributed by atoms with E-state index in [2.05, 4.69) is 12.7 Å². The van der Waals surface area contributed by atoms with E-state index in [4.69, 9.17) is 28.9 Å². The Bertz CT molecular complexity index is 1610. The van der Waals surface area contributed by atoms with Crippen molar-refractivity contribution < 1.29 is 43.2 Å². The zero-order valence-electron chi connectivity index (χ0n) is 31.2. The van der Waals surface area contributed by atoms with Crippen molar-refractivity contribution in [3.05, 3.63) is 83.7 Å². The number of rotatable bonds is 16. The summed E-state index contributed by atoms with van der Waals surface area (Å²) in [4.78, 5) is 20.9. The number of hydrogen-bond acceptors (Lipinski definition) is 9. The molecule has 0 bridgehead atoms. The van der Waals surface area contributed by atoms with Crippen LogP contribution in [0.2, 0.25) is 0 Å². The van der Waals surface area contributed by atoms with Gasteiger partial charge >= 0.3 is 6.09 Å². The zero-order valence-corrected chi connectivity index (χ0v) is 31.2. The third kappa shape index (κ3) is 8.48. The summed E-state index contributed by atoms with van der Waals surface area (Å²) in [6.07, 6.45) is 8.27. The van der Waals surface area contributed by atoms with Crippen molar-refractivity contribution in [2.24, 2.45) is 22.9 Å². The van der Waals surface area contributed by atoms with E-state index in [1.807, 2.05) is 39.0 Å². The van der Waals surface area contributed by atoms with E-state index in [1.54, 1.807) is 31.3 Å². The van der Waals surface area contributed by atoms with Gasteiger partial charge in [0.2, 0.25) is 5.79 Å². The second-order valence-electron chi connectivity index (χ2n) is 14.9. The number of likely N-dealkylation sites (N-methyl/N-ethyl adjacent to an activating group) is 1. The van der Waals surface area contributed by atoms with Crippen LogP contribution in [0, 0.1) is 23.6 Å². The summed E-state index contributed by atoms with van der Waals surface area (Å²) in [5.41, 5.74) is 2.42. The summed E-state index contributed by atoms with van der Waals surface area (Å²) in [6, 6.07) is 11.5. The molecular weight excluding hydrogens is 667 g/mol. The number of fused-ring (bicyclic) bond motifs is 2. The van der Waals surface area contributed by atoms with Crippen molar-refractivity contribution in [3.8, 4) is 11.5 Å². The molecule has 2 aromatic rings. The summed E-state index contributed by atoms with van der Waals surface area (Å²) in [5, 5.41) is 24.3. The van der Waals surface area contributed by atoms with Crippen LogP contribution in [-0.4, -0.2) is 78.3 Å². The molecular formula is C41H55FN2O8. The van der Waals surface area contributed by atoms with Gasteiger partial charge in [-0.25, -0.2) is 9.18 Å². The van der Waals surface area contributed by atoms with Crippen LogP contribution in [0.25, 0.3) is 0 Å². The molecule has 1 aliphatic heterocycles. The molecule has 2 N–H and O–H groups in total. The Kier molecular flexibility index (Phi) is 13.0. The monoisotopic (exact) mass is 722 g/mol. The number of methoxy groups -OCH3 is 1. The highest BCUT2D eigenvalue weighted by molar-refractivity contribution is 6.02. The fraction of sp³-hybridized carbons (Fsp3) is 0.561. The van der Waals surface area contributed by atoms with Gasteiger partial charge in [-0.2, -0.15) is 0 Å². The first-order chi connectivity index (χ1) is 25.0. The molecule has 0 aromatic heterocycles. The number of amides is 1. The normalized spacial score (nSPS) is 25.7. The Hall–Kier alpha value is -3.93. The molecule has 1 amide bonds. The number of aliphatic hydroxyl groups is 2. The number of unbranched alkanes of at least 4 members (excludes halogenated alkanes) is 2. The van der Waals surface area contributed by atoms with E-state index < -0.39 is 29.4 Å². The van der Waals surface area contributed by atoms with Gasteiger partial charge in [-0.15, -0.1) is 6.58 Å². The van der Waals surface area contributed by atoms with E-state index in [9.17, 15) is 19.4 Å². The minimum atomic E-state index is -1.37. The van der Waals surface area contributed by atoms with Gasteiger partial charge in [0, 0.05) is 43.7 Å². The Morgan fingerprint density at radius 1 is 1.12 bits per heavy atom. The molecule has 3 aliphatic rings. The van der Waals surface area contributed by atoms with Crippen LogP contribution < -0.4 is 9.47 Å². The second-order valence-corrected chi connectivity index (χ2v) is 14.9. The molecule has 2 aliphatic carbocycles. The number of carbonyl (C=O) groups excluding carboxylic acids is 1. The Morgan fingerprint density at radius 3 is 2.52 bits per heavy atom. The Balaban J connectivity index is 1.74. The predicted molar refractivity (Wildman–Crippen MR) is 197 cm³/mol. The SMILES string of the molecule is C=CCO[C@@]12Oc3ccc(OCc4ccccc4F)cc3[C@H]3[C@H](CCCCO)[C@@H](CCCCO)C=C(C(=NOC(C)(C)C)C[C@@H]1N(C)C(=O)OC)[C@H]32. The summed E-state index contributed by atoms with van der Waals surface area (Å²) < 4.78 is 39.9. The first kappa shape index (κ1) is 39.3. The molecule has 5 rings (SSSR count). The molecule has 0 spiro atoms. The predicted octanol–water partition coefficient (Wildman–Crippen LogP) is 7.54. The maximum absolute atomic E-state index is 14.6. The van der Waals surface area contributed by atoms with Gasteiger partial charge in [0.25, 0.3) is 0 Å². The molecule has 1 fully saturated rings. The highest BCUT2D eigenvalue weighted by Crippen LogP contribution is 2.61. The van der Waals surface area contributed by atoms with Crippen molar-refractivity contribution in [2.45, 2.75) is 95.7 Å². The minimum absolute atomic E-state index is 0.0502. The van der Waals surface area contributed by atoms with Crippen molar-refractivity contribution in [1.29, 1.82) is 0 Å². The number of aliphatic hydroxyl groups excluding tert-OH is 2. The van der Waals surface area contributed by atoms with Crippen molar-refractivity contribution in [2.75, 3.05) is 34.0 Å². The molecule has 1 heterocycles. The van der Waals surface area contributed by atoms with Gasteiger partial charge in [0.1, 0.15) is 35.6 Å². The number of carbonyl (C=O) groups is 1. The molecule has 284 valence electrons. The third-order valence-corrected chi connectivity index (χ3v) is 10.4. The molecule has 0 radical (unpaired) electrons. The molecule has 52 heavy (non-hydrogen) atoms. The minimum Gasteiger partial charge on any atom is -0.489 e. The smallest absolute Gasteiger partial charge is 0.409 e. The van der Waals surface area contributed by atoms with E-state index in [-0.39, 0.29) is 56.4 Å². The van der Waals surface area contributed by atoms with Crippen LogP contribution in [0.1, 0.15) is 82.8 Å². The molecule has 0 saturated heterocycles. The molecule has 10 nitrogen and oxygen atoms in total. The topological polar surface area (TPSA) is 119 Å². The maximum Gasteiger partial charge on any atom is 0.409 e. The van der Waals surface area contributed by atoms with Crippen molar-refractivity contribution >= 4 is 11.8 Å². The number of nitrogens with zero attached hydrogens (tertiary/aromatic N) is 2. The molecule has 1 saturated carbocycles. The largest absolute Gasteiger partial charge is 0.489 e. The first-order valence-corrected chi connectivity index (χ1v) is 18.4. The number of halogens is 1. The molecule has 11 heteroatoms. The number of benzene rings is 2. The quantitative estimate of drug-likeness (QED) is 0.104. The van der Waals surface area contributed by atoms with E-state index >= 15 is 0 Å². The van der Waals surface area contributed by atoms with Crippen LogP contribution in [0.5, 0.6) is 11.5 Å². The highest BCUT2D eigenvalue weighted by atomic mass is 19.1. The maximum atomic E-state index is 14.6. The average molecular weight is 723 g/mol. The zero-order chi connectivity index (χ0) is 37.5. The van der Waals surface area contributed by atoms with Crippen LogP contribution >= 0.6 is 0 Å². The lowest BCUT2D eigenvalue weighted by atomic mass is 9.55. The Morgan fingerprint density at radius 2 is 1.85 bits per heavy atom. The summed E-state index contributed by atoms with van der Waals surface area (Å²) in [7, 11) is 3.03. The van der Waals surface area contributed by atoms with Crippen molar-refractivity contribution in [1.82, 2.24) is 4.90 Å². The molecule has 6 atom stereocenters. The number of ether oxygens (including phenoxy) is 4. The highest BCUT2D eigenvalue weighted by Gasteiger charge is 2.65. The fourth-order valence-corrected chi connectivity index (χ4v) is 8.06. The fourth-order valence-electron chi connectivity index (χ4n) is 8.06. The summed E-state index contributed by atoms with van der Waals surface area (Å²) in [5.74, 6) is -1.07. The van der Waals surface area contributed by atoms with E-state index in [1.165, 1.54) is 18.1 Å². The third-order valence-electron chi connectivity index (χ3n) is 10.4. The van der Waals surface area contributed by atoms with Gasteiger partial charge in [-0.05, 0) is 88.1 Å². The van der Waals surface area contributed by atoms with Crippen LogP contribution in [-0.2, 0) is 20.9 Å². The summed E-state index contributed by atoms with van der Waals surface area (Å²) in [6.45, 7) is 10.1. The molecule has 0 unspecified atom stereocenters. The van der Waals surface area contributed by atoms with Gasteiger partial charge in [0.15, 0.2) is 0 Å². The number of allylic oxidation sites excluding steroid dienone is 1. The number of oxime groups is 1. The standard InChI is InChI=1S/C41H55FN2O8/c1-7-22-50-41-36(44(5)39(47)48-6)25-34(43-52-40(2,3)4)31-23-27(14-10-12-20-45)30(16-11-13-21-46)37(38(31)41)32-24-29(18-19-35(32)51-41)49-26-28-15-8-9-17-33(28)42/h7-9,15,17-19,23-24,27,30,36-38,45-46H,1,10-14,16,20-22,25-26H2,2-6H3/t27-,30+,36-,37+,38+,41+/m0/s1. The van der Waals surface area contributed by atoms with Gasteiger partial charge < -0.3 is 38.9 Å². The summed E-state index contributed by atoms with van der Waals surface area (Å²) >= 11 is 0. The van der Waals surface area contributed by atoms with E-state index in [0.29, 0.717) is 35.6 Å². The van der Waals surface area contributed by atoms with Gasteiger partial charge in [0.05, 0.1) is 25.3 Å². The lowest BCUT2D eigenvalue weighted by molar-refractivity contribution is -0.253. The average Bonchev–Trinajstić information content (AvgIpc) is 3.13. The van der Waals surface area contributed by atoms with Crippen LogP contribution in [0.4, 0.5) is 9.18 Å². The molecule has 2 aromatic carbocycles. The van der Waals surface area contributed by atoms with Crippen molar-refractivity contribution in [3.63, 3.8) is 0 Å². The number of hydrogen-bond donors (Lipinski definition) is 2. The first-order valence-electron chi connectivity index (χ1n) is 18.4. The van der Waals surface area contributed by atoms with Gasteiger partial charge in [-0.1, -0.05) is 48.3 Å². The van der Waals surface area contributed by atoms with Crippen LogP contribution in [0.3, 0.4) is 0 Å². The van der Waals surface area contributed by atoms with Gasteiger partial charge in [-0.3, -0.25) is 0 Å². The lowest BCUT2D eigenvalue weighted by Gasteiger charge is -2.59. The lowest BCUT2D eigenvalue weighted by Crippen LogP contribution is -2.69.